The second kappa shape index (κ2) is 7.38. The van der Waals surface area contributed by atoms with Crippen LogP contribution in [0.5, 0.6) is 0 Å². The van der Waals surface area contributed by atoms with Crippen molar-refractivity contribution in [1.29, 1.82) is 0 Å². The quantitative estimate of drug-likeness (QED) is 0.838. The summed E-state index contributed by atoms with van der Waals surface area (Å²) in [5.74, 6) is 0.239. The van der Waals surface area contributed by atoms with Gasteiger partial charge in [-0.25, -0.2) is 8.42 Å². The first-order chi connectivity index (χ1) is 10.0. The highest BCUT2D eigenvalue weighted by molar-refractivity contribution is 7.90. The molecule has 21 heavy (non-hydrogen) atoms. The number of ether oxygens (including phenoxy) is 1. The van der Waals surface area contributed by atoms with E-state index in [1.165, 1.54) is 17.4 Å². The zero-order valence-electron chi connectivity index (χ0n) is 12.8. The van der Waals surface area contributed by atoms with Crippen molar-refractivity contribution in [3.8, 4) is 0 Å². The van der Waals surface area contributed by atoms with Gasteiger partial charge in [0.25, 0.3) is 0 Å². The highest BCUT2D eigenvalue weighted by Crippen LogP contribution is 2.31. The molecule has 0 saturated carbocycles. The zero-order valence-corrected chi connectivity index (χ0v) is 13.7. The minimum atomic E-state index is -2.89. The van der Waals surface area contributed by atoms with Crippen LogP contribution in [0.4, 0.5) is 0 Å². The standard InChI is InChI=1S/C16H25NO3S/c1-3-17-15(9-6-12-21(2,18)19)16-14-8-5-4-7-13(14)10-11-20-16/h4-5,7-8,15-17H,3,6,9-12H2,1-2H3. The van der Waals surface area contributed by atoms with Crippen molar-refractivity contribution in [2.75, 3.05) is 25.2 Å². The maximum atomic E-state index is 11.3. The maximum Gasteiger partial charge on any atom is 0.147 e. The van der Waals surface area contributed by atoms with Crippen LogP contribution in [0.2, 0.25) is 0 Å². The lowest BCUT2D eigenvalue weighted by molar-refractivity contribution is 0.0135. The van der Waals surface area contributed by atoms with Gasteiger partial charge in [0.15, 0.2) is 0 Å². The summed E-state index contributed by atoms with van der Waals surface area (Å²) in [4.78, 5) is 0. The summed E-state index contributed by atoms with van der Waals surface area (Å²) in [6.07, 6.45) is 3.74. The second-order valence-corrected chi connectivity index (χ2v) is 7.94. The molecule has 1 aliphatic heterocycles. The van der Waals surface area contributed by atoms with E-state index in [0.717, 1.165) is 26.0 Å². The van der Waals surface area contributed by atoms with Gasteiger partial charge in [-0.05, 0) is 36.9 Å². The number of likely N-dealkylation sites (N-methyl/N-ethyl adjacent to an activating group) is 1. The molecule has 2 atom stereocenters. The van der Waals surface area contributed by atoms with E-state index in [4.69, 9.17) is 4.74 Å². The van der Waals surface area contributed by atoms with E-state index in [-0.39, 0.29) is 17.9 Å². The third-order valence-electron chi connectivity index (χ3n) is 3.89. The summed E-state index contributed by atoms with van der Waals surface area (Å²) in [6.45, 7) is 3.65. The Morgan fingerprint density at radius 2 is 2.14 bits per heavy atom. The first-order valence-electron chi connectivity index (χ1n) is 7.62. The zero-order chi connectivity index (χ0) is 15.3. The third kappa shape index (κ3) is 4.80. The van der Waals surface area contributed by atoms with Gasteiger partial charge in [0, 0.05) is 18.1 Å². The Morgan fingerprint density at radius 3 is 2.86 bits per heavy atom. The monoisotopic (exact) mass is 311 g/mol. The van der Waals surface area contributed by atoms with E-state index in [0.29, 0.717) is 6.42 Å². The van der Waals surface area contributed by atoms with Crippen molar-refractivity contribution in [1.82, 2.24) is 5.32 Å². The van der Waals surface area contributed by atoms with Gasteiger partial charge in [0.1, 0.15) is 9.84 Å². The lowest BCUT2D eigenvalue weighted by Crippen LogP contribution is -2.38. The predicted molar refractivity (Wildman–Crippen MR) is 85.2 cm³/mol. The molecule has 2 rings (SSSR count). The van der Waals surface area contributed by atoms with E-state index in [9.17, 15) is 8.42 Å². The molecule has 0 radical (unpaired) electrons. The molecule has 0 bridgehead atoms. The Kier molecular flexibility index (Phi) is 5.79. The Morgan fingerprint density at radius 1 is 1.38 bits per heavy atom. The van der Waals surface area contributed by atoms with Crippen LogP contribution < -0.4 is 5.32 Å². The molecule has 0 amide bonds. The van der Waals surface area contributed by atoms with Crippen molar-refractivity contribution in [2.45, 2.75) is 38.3 Å². The molecule has 0 aromatic heterocycles. The smallest absolute Gasteiger partial charge is 0.147 e. The largest absolute Gasteiger partial charge is 0.372 e. The van der Waals surface area contributed by atoms with E-state index >= 15 is 0 Å². The topological polar surface area (TPSA) is 55.4 Å². The fraction of sp³-hybridized carbons (Fsp3) is 0.625. The number of rotatable bonds is 7. The van der Waals surface area contributed by atoms with Crippen molar-refractivity contribution in [3.05, 3.63) is 35.4 Å². The maximum absolute atomic E-state index is 11.3. The first-order valence-corrected chi connectivity index (χ1v) is 9.68. The molecule has 1 aromatic carbocycles. The normalized spacial score (nSPS) is 20.0. The molecule has 5 heteroatoms. The van der Waals surface area contributed by atoms with E-state index in [1.54, 1.807) is 0 Å². The summed E-state index contributed by atoms with van der Waals surface area (Å²) in [5, 5.41) is 3.46. The SMILES string of the molecule is CCNC(CCCS(C)(=O)=O)C1OCCc2ccccc21. The summed E-state index contributed by atoms with van der Waals surface area (Å²) in [6, 6.07) is 8.55. The van der Waals surface area contributed by atoms with Crippen molar-refractivity contribution < 1.29 is 13.2 Å². The van der Waals surface area contributed by atoms with Crippen molar-refractivity contribution >= 4 is 9.84 Å². The number of benzene rings is 1. The molecule has 0 fully saturated rings. The number of fused-ring (bicyclic) bond motifs is 1. The highest BCUT2D eigenvalue weighted by atomic mass is 32.2. The van der Waals surface area contributed by atoms with Crippen LogP contribution in [0.1, 0.15) is 37.0 Å². The van der Waals surface area contributed by atoms with Crippen LogP contribution in [0.3, 0.4) is 0 Å². The fourth-order valence-electron chi connectivity index (χ4n) is 2.95. The molecule has 1 N–H and O–H groups in total. The molecule has 0 aliphatic carbocycles. The molecule has 118 valence electrons. The van der Waals surface area contributed by atoms with Gasteiger partial charge in [-0.15, -0.1) is 0 Å². The molecule has 4 nitrogen and oxygen atoms in total. The predicted octanol–water partition coefficient (Wildman–Crippen LogP) is 2.10. The molecular formula is C16H25NO3S. The van der Waals surface area contributed by atoms with Gasteiger partial charge in [-0.2, -0.15) is 0 Å². The highest BCUT2D eigenvalue weighted by Gasteiger charge is 2.28. The average molecular weight is 311 g/mol. The first kappa shape index (κ1) is 16.5. The van der Waals surface area contributed by atoms with Gasteiger partial charge < -0.3 is 10.1 Å². The molecule has 0 spiro atoms. The lowest BCUT2D eigenvalue weighted by Gasteiger charge is -2.33. The van der Waals surface area contributed by atoms with Crippen LogP contribution >= 0.6 is 0 Å². The van der Waals surface area contributed by atoms with Crippen molar-refractivity contribution in [2.24, 2.45) is 0 Å². The lowest BCUT2D eigenvalue weighted by atomic mass is 9.91. The number of sulfone groups is 1. The molecule has 0 saturated heterocycles. The number of hydrogen-bond donors (Lipinski definition) is 1. The Balaban J connectivity index is 2.08. The van der Waals surface area contributed by atoms with E-state index < -0.39 is 9.84 Å². The Labute approximate surface area is 127 Å². The summed E-state index contributed by atoms with van der Waals surface area (Å²) in [7, 11) is -2.89. The molecule has 1 heterocycles. The summed E-state index contributed by atoms with van der Waals surface area (Å²) in [5.41, 5.74) is 2.59. The van der Waals surface area contributed by atoms with Gasteiger partial charge in [-0.3, -0.25) is 0 Å². The minimum Gasteiger partial charge on any atom is -0.372 e. The molecule has 2 unspecified atom stereocenters. The van der Waals surface area contributed by atoms with Gasteiger partial charge in [0.2, 0.25) is 0 Å². The fourth-order valence-corrected chi connectivity index (χ4v) is 3.64. The second-order valence-electron chi connectivity index (χ2n) is 5.68. The molecule has 1 aliphatic rings. The van der Waals surface area contributed by atoms with Crippen LogP contribution in [0, 0.1) is 0 Å². The van der Waals surface area contributed by atoms with Crippen LogP contribution in [-0.2, 0) is 21.0 Å². The average Bonchev–Trinajstić information content (AvgIpc) is 2.44. The Hall–Kier alpha value is -0.910. The summed E-state index contributed by atoms with van der Waals surface area (Å²) >= 11 is 0. The van der Waals surface area contributed by atoms with Gasteiger partial charge in [0.05, 0.1) is 12.7 Å². The van der Waals surface area contributed by atoms with Gasteiger partial charge in [-0.1, -0.05) is 31.2 Å². The van der Waals surface area contributed by atoms with Crippen LogP contribution in [0.15, 0.2) is 24.3 Å². The molecular weight excluding hydrogens is 286 g/mol. The Bertz CT molecular complexity index is 556. The van der Waals surface area contributed by atoms with Crippen molar-refractivity contribution in [3.63, 3.8) is 0 Å². The number of nitrogens with one attached hydrogen (secondary N) is 1. The minimum absolute atomic E-state index is 0.0226. The number of hydrogen-bond acceptors (Lipinski definition) is 4. The third-order valence-corrected chi connectivity index (χ3v) is 4.92. The van der Waals surface area contributed by atoms with Crippen LogP contribution in [-0.4, -0.2) is 39.6 Å². The van der Waals surface area contributed by atoms with Crippen LogP contribution in [0.25, 0.3) is 0 Å². The molecule has 1 aromatic rings. The van der Waals surface area contributed by atoms with E-state index in [1.807, 2.05) is 6.07 Å². The summed E-state index contributed by atoms with van der Waals surface area (Å²) < 4.78 is 28.6. The van der Waals surface area contributed by atoms with Gasteiger partial charge >= 0.3 is 0 Å². The van der Waals surface area contributed by atoms with E-state index in [2.05, 4.69) is 30.4 Å².